The smallest absolute Gasteiger partial charge is 0.254 e. The minimum absolute atomic E-state index is 0.143. The average molecular weight is 354 g/mol. The predicted molar refractivity (Wildman–Crippen MR) is 102 cm³/mol. The molecule has 1 aromatic carbocycles. The number of rotatable bonds is 6. The van der Waals surface area contributed by atoms with Crippen LogP contribution in [0.1, 0.15) is 41.6 Å². The molecule has 1 N–H and O–H groups in total. The van der Waals surface area contributed by atoms with Crippen molar-refractivity contribution in [3.05, 3.63) is 47.8 Å². The van der Waals surface area contributed by atoms with Crippen LogP contribution in [0.5, 0.6) is 5.75 Å². The zero-order valence-electron chi connectivity index (χ0n) is 15.3. The summed E-state index contributed by atoms with van der Waals surface area (Å²) in [6.45, 7) is 2.54. The van der Waals surface area contributed by atoms with E-state index >= 15 is 0 Å². The lowest BCUT2D eigenvalue weighted by atomic mass is 10.1. The van der Waals surface area contributed by atoms with E-state index in [1.165, 1.54) is 25.7 Å². The van der Waals surface area contributed by atoms with Gasteiger partial charge in [0.2, 0.25) is 5.95 Å². The Kier molecular flexibility index (Phi) is 6.41. The summed E-state index contributed by atoms with van der Waals surface area (Å²) in [6.07, 6.45) is 8.87. The molecule has 6 heteroatoms. The summed E-state index contributed by atoms with van der Waals surface area (Å²) in [6, 6.07) is 7.86. The molecule has 2 aromatic rings. The molecule has 138 valence electrons. The van der Waals surface area contributed by atoms with Crippen LogP contribution < -0.4 is 15.0 Å². The molecule has 1 aliphatic rings. The number of hydrogen-bond acceptors (Lipinski definition) is 5. The first kappa shape index (κ1) is 18.2. The number of amides is 1. The lowest BCUT2D eigenvalue weighted by Gasteiger charge is -2.19. The first-order valence-corrected chi connectivity index (χ1v) is 9.24. The van der Waals surface area contributed by atoms with Gasteiger partial charge in [0, 0.05) is 32.0 Å². The SMILES string of the molecule is COc1cccc(CCNC(=O)c2cnc(N3CCCCCC3)nc2)c1. The molecule has 6 nitrogen and oxygen atoms in total. The Morgan fingerprint density at radius 3 is 2.58 bits per heavy atom. The van der Waals surface area contributed by atoms with Gasteiger partial charge in [-0.3, -0.25) is 4.79 Å². The van der Waals surface area contributed by atoms with Crippen LogP contribution in [0.4, 0.5) is 5.95 Å². The molecule has 0 bridgehead atoms. The van der Waals surface area contributed by atoms with Crippen LogP contribution in [0.15, 0.2) is 36.7 Å². The summed E-state index contributed by atoms with van der Waals surface area (Å²) < 4.78 is 5.21. The van der Waals surface area contributed by atoms with Crippen molar-refractivity contribution in [2.45, 2.75) is 32.1 Å². The molecule has 1 amide bonds. The number of nitrogens with one attached hydrogen (secondary N) is 1. The molecule has 0 aliphatic carbocycles. The van der Waals surface area contributed by atoms with E-state index in [-0.39, 0.29) is 5.91 Å². The van der Waals surface area contributed by atoms with Gasteiger partial charge in [-0.25, -0.2) is 9.97 Å². The summed E-state index contributed by atoms with van der Waals surface area (Å²) in [5.41, 5.74) is 1.62. The van der Waals surface area contributed by atoms with E-state index < -0.39 is 0 Å². The lowest BCUT2D eigenvalue weighted by molar-refractivity contribution is 0.0953. The van der Waals surface area contributed by atoms with Crippen LogP contribution in [0.25, 0.3) is 0 Å². The van der Waals surface area contributed by atoms with E-state index in [9.17, 15) is 4.79 Å². The first-order valence-electron chi connectivity index (χ1n) is 9.24. The second kappa shape index (κ2) is 9.17. The Bertz CT molecular complexity index is 710. The molecule has 0 unspecified atom stereocenters. The number of anilines is 1. The largest absolute Gasteiger partial charge is 0.497 e. The van der Waals surface area contributed by atoms with E-state index in [4.69, 9.17) is 4.74 Å². The fourth-order valence-corrected chi connectivity index (χ4v) is 3.12. The Morgan fingerprint density at radius 2 is 1.88 bits per heavy atom. The average Bonchev–Trinajstić information content (AvgIpc) is 2.98. The Labute approximate surface area is 154 Å². The molecule has 1 aromatic heterocycles. The van der Waals surface area contributed by atoms with Crippen LogP contribution in [-0.2, 0) is 6.42 Å². The van der Waals surface area contributed by atoms with Gasteiger partial charge in [0.25, 0.3) is 5.91 Å². The van der Waals surface area contributed by atoms with E-state index in [1.807, 2.05) is 24.3 Å². The van der Waals surface area contributed by atoms with Crippen molar-refractivity contribution in [2.24, 2.45) is 0 Å². The summed E-state index contributed by atoms with van der Waals surface area (Å²) in [5, 5.41) is 2.92. The first-order chi connectivity index (χ1) is 12.8. The van der Waals surface area contributed by atoms with Crippen molar-refractivity contribution in [1.29, 1.82) is 0 Å². The molecule has 1 aliphatic heterocycles. The van der Waals surface area contributed by atoms with Gasteiger partial charge in [0.15, 0.2) is 0 Å². The highest BCUT2D eigenvalue weighted by Gasteiger charge is 2.13. The summed E-state index contributed by atoms with van der Waals surface area (Å²) >= 11 is 0. The van der Waals surface area contributed by atoms with Gasteiger partial charge in [0.1, 0.15) is 5.75 Å². The molecule has 1 saturated heterocycles. The highest BCUT2D eigenvalue weighted by atomic mass is 16.5. The van der Waals surface area contributed by atoms with Crippen molar-refractivity contribution < 1.29 is 9.53 Å². The van der Waals surface area contributed by atoms with Gasteiger partial charge in [0.05, 0.1) is 12.7 Å². The van der Waals surface area contributed by atoms with Crippen molar-refractivity contribution in [3.8, 4) is 5.75 Å². The Balaban J connectivity index is 1.51. The quantitative estimate of drug-likeness (QED) is 0.864. The zero-order valence-corrected chi connectivity index (χ0v) is 15.3. The topological polar surface area (TPSA) is 67.3 Å². The Hall–Kier alpha value is -2.63. The lowest BCUT2D eigenvalue weighted by Crippen LogP contribution is -2.28. The monoisotopic (exact) mass is 354 g/mol. The molecular weight excluding hydrogens is 328 g/mol. The molecule has 0 atom stereocenters. The number of nitrogens with zero attached hydrogens (tertiary/aromatic N) is 3. The van der Waals surface area contributed by atoms with Gasteiger partial charge >= 0.3 is 0 Å². The van der Waals surface area contributed by atoms with Crippen LogP contribution in [0, 0.1) is 0 Å². The van der Waals surface area contributed by atoms with Gasteiger partial charge < -0.3 is 15.0 Å². The molecule has 0 radical (unpaired) electrons. The maximum absolute atomic E-state index is 12.3. The predicted octanol–water partition coefficient (Wildman–Crippen LogP) is 2.84. The van der Waals surface area contributed by atoms with Crippen LogP contribution in [0.3, 0.4) is 0 Å². The van der Waals surface area contributed by atoms with Gasteiger partial charge in [-0.15, -0.1) is 0 Å². The summed E-state index contributed by atoms with van der Waals surface area (Å²) in [7, 11) is 1.65. The minimum Gasteiger partial charge on any atom is -0.497 e. The second-order valence-electron chi connectivity index (χ2n) is 6.53. The van der Waals surface area contributed by atoms with Crippen LogP contribution >= 0.6 is 0 Å². The Morgan fingerprint density at radius 1 is 1.15 bits per heavy atom. The highest BCUT2D eigenvalue weighted by molar-refractivity contribution is 5.93. The molecule has 2 heterocycles. The summed E-state index contributed by atoms with van der Waals surface area (Å²) in [5.74, 6) is 1.40. The number of aromatic nitrogens is 2. The fourth-order valence-electron chi connectivity index (χ4n) is 3.12. The van der Waals surface area contributed by atoms with E-state index in [2.05, 4.69) is 20.2 Å². The van der Waals surface area contributed by atoms with E-state index in [0.29, 0.717) is 12.1 Å². The third kappa shape index (κ3) is 4.94. The highest BCUT2D eigenvalue weighted by Crippen LogP contribution is 2.15. The summed E-state index contributed by atoms with van der Waals surface area (Å²) in [4.78, 5) is 23.3. The molecule has 0 spiro atoms. The van der Waals surface area contributed by atoms with Crippen molar-refractivity contribution in [2.75, 3.05) is 31.6 Å². The van der Waals surface area contributed by atoms with Gasteiger partial charge in [-0.1, -0.05) is 25.0 Å². The number of ether oxygens (including phenoxy) is 1. The van der Waals surface area contributed by atoms with Crippen LogP contribution in [-0.4, -0.2) is 42.6 Å². The number of carbonyl (C=O) groups is 1. The molecular formula is C20H26N4O2. The van der Waals surface area contributed by atoms with Crippen molar-refractivity contribution in [3.63, 3.8) is 0 Å². The number of carbonyl (C=O) groups excluding carboxylic acids is 1. The third-order valence-electron chi connectivity index (χ3n) is 4.62. The maximum atomic E-state index is 12.3. The molecule has 3 rings (SSSR count). The number of hydrogen-bond donors (Lipinski definition) is 1. The zero-order chi connectivity index (χ0) is 18.2. The van der Waals surface area contributed by atoms with Gasteiger partial charge in [-0.05, 0) is 37.0 Å². The van der Waals surface area contributed by atoms with E-state index in [1.54, 1.807) is 19.5 Å². The molecule has 0 saturated carbocycles. The number of benzene rings is 1. The standard InChI is InChI=1S/C20H26N4O2/c1-26-18-8-6-7-16(13-18)9-10-21-19(25)17-14-22-20(23-15-17)24-11-4-2-3-5-12-24/h6-8,13-15H,2-5,9-12H2,1H3,(H,21,25). The van der Waals surface area contributed by atoms with Crippen molar-refractivity contribution in [1.82, 2.24) is 15.3 Å². The van der Waals surface area contributed by atoms with E-state index in [0.717, 1.165) is 36.8 Å². The number of methoxy groups -OCH3 is 1. The second-order valence-corrected chi connectivity index (χ2v) is 6.53. The minimum atomic E-state index is -0.143. The van der Waals surface area contributed by atoms with Gasteiger partial charge in [-0.2, -0.15) is 0 Å². The van der Waals surface area contributed by atoms with Crippen molar-refractivity contribution >= 4 is 11.9 Å². The van der Waals surface area contributed by atoms with Crippen LogP contribution in [0.2, 0.25) is 0 Å². The maximum Gasteiger partial charge on any atom is 0.254 e. The molecule has 26 heavy (non-hydrogen) atoms. The molecule has 1 fully saturated rings. The fraction of sp³-hybridized carbons (Fsp3) is 0.450. The third-order valence-corrected chi connectivity index (χ3v) is 4.62. The normalized spacial score (nSPS) is 14.6.